The van der Waals surface area contributed by atoms with Crippen LogP contribution in [0.3, 0.4) is 0 Å². The lowest BCUT2D eigenvalue weighted by Crippen LogP contribution is -2.16. The Kier molecular flexibility index (Phi) is 9.57. The summed E-state index contributed by atoms with van der Waals surface area (Å²) in [5.74, 6) is 1.89. The minimum atomic E-state index is -0.0719. The predicted octanol–water partition coefficient (Wildman–Crippen LogP) is 15.7. The molecule has 1 aliphatic rings. The number of aromatic nitrogens is 5. The second-order valence-corrected chi connectivity index (χ2v) is 17.5. The third-order valence-electron chi connectivity index (χ3n) is 13.6. The molecule has 320 valence electrons. The van der Waals surface area contributed by atoms with Gasteiger partial charge in [-0.05, 0) is 76.7 Å². The van der Waals surface area contributed by atoms with Crippen LogP contribution >= 0.6 is 0 Å². The van der Waals surface area contributed by atoms with Gasteiger partial charge in [-0.2, -0.15) is 0 Å². The largest absolute Gasteiger partial charge is 0.312 e. The van der Waals surface area contributed by atoms with Crippen molar-refractivity contribution in [3.63, 3.8) is 0 Å². The van der Waals surface area contributed by atoms with Crippen molar-refractivity contribution in [1.82, 2.24) is 24.1 Å². The summed E-state index contributed by atoms with van der Waals surface area (Å²) in [5, 5.41) is 4.96. The molecule has 13 rings (SSSR count). The van der Waals surface area contributed by atoms with Crippen molar-refractivity contribution in [1.29, 1.82) is 0 Å². The molecule has 68 heavy (non-hydrogen) atoms. The Morgan fingerprint density at radius 2 is 0.765 bits per heavy atom. The molecule has 0 radical (unpaired) electrons. The molecule has 0 amide bonds. The summed E-state index contributed by atoms with van der Waals surface area (Å²) in [4.78, 5) is 15.8. The van der Waals surface area contributed by atoms with Crippen molar-refractivity contribution >= 4 is 60.5 Å². The Bertz CT molecular complexity index is 3890. The minimum Gasteiger partial charge on any atom is -0.312 e. The van der Waals surface area contributed by atoms with Gasteiger partial charge in [0, 0.05) is 55.5 Å². The SMILES string of the molecule is C1=C(c2nc(-c3ccccc3)nc(-c3ccc(-c4ccccc4)cc3)n2)CC(c2ccccc2)C(n2c3ccccc3c3c4c5ccccc5n(-c5ccccc5)c4ccc32)=C1c1ccccc1. The third kappa shape index (κ3) is 6.67. The molecule has 0 spiro atoms. The first kappa shape index (κ1) is 39.4. The second-order valence-electron chi connectivity index (χ2n) is 17.5. The summed E-state index contributed by atoms with van der Waals surface area (Å²) in [7, 11) is 0. The first-order valence-electron chi connectivity index (χ1n) is 23.3. The van der Waals surface area contributed by atoms with Gasteiger partial charge in [-0.3, -0.25) is 0 Å². The molecule has 0 saturated heterocycles. The van der Waals surface area contributed by atoms with Crippen LogP contribution in [-0.2, 0) is 0 Å². The van der Waals surface area contributed by atoms with E-state index in [9.17, 15) is 0 Å². The molecule has 0 bridgehead atoms. The summed E-state index contributed by atoms with van der Waals surface area (Å²) < 4.78 is 4.98. The van der Waals surface area contributed by atoms with E-state index >= 15 is 0 Å². The number of hydrogen-bond donors (Lipinski definition) is 0. The Morgan fingerprint density at radius 1 is 0.338 bits per heavy atom. The molecule has 5 heteroatoms. The van der Waals surface area contributed by atoms with Gasteiger partial charge in [-0.25, -0.2) is 15.0 Å². The average molecular weight is 870 g/mol. The van der Waals surface area contributed by atoms with Crippen molar-refractivity contribution < 1.29 is 0 Å². The Balaban J connectivity index is 1.09. The highest BCUT2D eigenvalue weighted by molar-refractivity contribution is 6.29. The maximum Gasteiger partial charge on any atom is 0.164 e. The van der Waals surface area contributed by atoms with Gasteiger partial charge in [0.05, 0.1) is 22.1 Å². The molecule has 12 aromatic rings. The number of benzene rings is 9. The fourth-order valence-electron chi connectivity index (χ4n) is 10.5. The topological polar surface area (TPSA) is 48.5 Å². The molecule has 1 unspecified atom stereocenters. The monoisotopic (exact) mass is 869 g/mol. The number of para-hydroxylation sites is 3. The van der Waals surface area contributed by atoms with Gasteiger partial charge < -0.3 is 9.13 Å². The van der Waals surface area contributed by atoms with E-state index in [1.54, 1.807) is 0 Å². The first-order valence-corrected chi connectivity index (χ1v) is 23.3. The van der Waals surface area contributed by atoms with Crippen LogP contribution in [0.2, 0.25) is 0 Å². The molecular weight excluding hydrogens is 827 g/mol. The van der Waals surface area contributed by atoms with Crippen molar-refractivity contribution in [3.8, 4) is 39.6 Å². The smallest absolute Gasteiger partial charge is 0.164 e. The first-order chi connectivity index (χ1) is 33.7. The van der Waals surface area contributed by atoms with Crippen LogP contribution in [0.15, 0.2) is 243 Å². The highest BCUT2D eigenvalue weighted by Gasteiger charge is 2.32. The fourth-order valence-corrected chi connectivity index (χ4v) is 10.5. The van der Waals surface area contributed by atoms with E-state index in [0.29, 0.717) is 23.9 Å². The maximum atomic E-state index is 5.37. The van der Waals surface area contributed by atoms with Crippen LogP contribution in [0.25, 0.3) is 100 Å². The van der Waals surface area contributed by atoms with Gasteiger partial charge in [0.1, 0.15) is 0 Å². The van der Waals surface area contributed by atoms with Gasteiger partial charge >= 0.3 is 0 Å². The Labute approximate surface area is 394 Å². The zero-order chi connectivity index (χ0) is 45.0. The number of fused-ring (bicyclic) bond motifs is 7. The molecule has 3 heterocycles. The summed E-state index contributed by atoms with van der Waals surface area (Å²) in [6.45, 7) is 0. The lowest BCUT2D eigenvalue weighted by molar-refractivity contribution is 0.835. The minimum absolute atomic E-state index is 0.0719. The summed E-state index contributed by atoms with van der Waals surface area (Å²) in [5.41, 5.74) is 15.8. The molecule has 0 fully saturated rings. The van der Waals surface area contributed by atoms with E-state index < -0.39 is 0 Å². The van der Waals surface area contributed by atoms with Gasteiger partial charge in [-0.15, -0.1) is 0 Å². The molecule has 9 aromatic carbocycles. The van der Waals surface area contributed by atoms with E-state index in [1.807, 2.05) is 24.3 Å². The summed E-state index contributed by atoms with van der Waals surface area (Å²) >= 11 is 0. The predicted molar refractivity (Wildman–Crippen MR) is 281 cm³/mol. The van der Waals surface area contributed by atoms with Crippen molar-refractivity contribution in [2.24, 2.45) is 0 Å². The van der Waals surface area contributed by atoms with E-state index in [1.165, 1.54) is 60.4 Å². The summed E-state index contributed by atoms with van der Waals surface area (Å²) in [6, 6.07) is 84.3. The molecule has 5 nitrogen and oxygen atoms in total. The van der Waals surface area contributed by atoms with Gasteiger partial charge in [-0.1, -0.05) is 200 Å². The lowest BCUT2D eigenvalue weighted by Gasteiger charge is -2.31. The maximum absolute atomic E-state index is 5.37. The zero-order valence-corrected chi connectivity index (χ0v) is 37.1. The molecular formula is C63H43N5. The molecule has 0 aliphatic heterocycles. The van der Waals surface area contributed by atoms with E-state index in [4.69, 9.17) is 15.0 Å². The zero-order valence-electron chi connectivity index (χ0n) is 37.1. The number of allylic oxidation sites excluding steroid dienone is 4. The summed E-state index contributed by atoms with van der Waals surface area (Å²) in [6.07, 6.45) is 3.03. The number of hydrogen-bond acceptors (Lipinski definition) is 3. The van der Waals surface area contributed by atoms with Crippen LogP contribution in [0.1, 0.15) is 29.3 Å². The van der Waals surface area contributed by atoms with Crippen LogP contribution in [0, 0.1) is 0 Å². The molecule has 3 aromatic heterocycles. The quantitative estimate of drug-likeness (QED) is 0.153. The normalized spacial score (nSPS) is 14.0. The van der Waals surface area contributed by atoms with E-state index in [-0.39, 0.29) is 5.92 Å². The van der Waals surface area contributed by atoms with Gasteiger partial charge in [0.2, 0.25) is 0 Å². The highest BCUT2D eigenvalue weighted by Crippen LogP contribution is 2.50. The second kappa shape index (κ2) is 16.5. The van der Waals surface area contributed by atoms with Crippen LogP contribution in [0.4, 0.5) is 0 Å². The lowest BCUT2D eigenvalue weighted by atomic mass is 9.80. The van der Waals surface area contributed by atoms with Gasteiger partial charge in [0.25, 0.3) is 0 Å². The van der Waals surface area contributed by atoms with Crippen molar-refractivity contribution in [2.45, 2.75) is 12.3 Å². The van der Waals surface area contributed by atoms with E-state index in [2.05, 4.69) is 228 Å². The van der Waals surface area contributed by atoms with Crippen LogP contribution < -0.4 is 0 Å². The number of nitrogens with zero attached hydrogens (tertiary/aromatic N) is 5. The van der Waals surface area contributed by atoms with Crippen molar-refractivity contribution in [2.75, 3.05) is 0 Å². The van der Waals surface area contributed by atoms with Crippen molar-refractivity contribution in [3.05, 3.63) is 260 Å². The fraction of sp³-hybridized carbons (Fsp3) is 0.0317. The molecule has 1 aliphatic carbocycles. The number of rotatable bonds is 8. The molecule has 1 atom stereocenters. The van der Waals surface area contributed by atoms with Gasteiger partial charge in [0.15, 0.2) is 17.5 Å². The average Bonchev–Trinajstić information content (AvgIpc) is 3.94. The molecule has 0 N–H and O–H groups in total. The third-order valence-corrected chi connectivity index (χ3v) is 13.6. The van der Waals surface area contributed by atoms with E-state index in [0.717, 1.165) is 39.1 Å². The standard InChI is InChI=1S/C63H43N5/c1-6-20-42(21-7-1)43-34-36-47(37-35-43)62-64-61(46-26-12-4-13-27-46)65-63(66-62)48-40-52(44-22-8-2-9-23-44)60(53(41-48)45-24-10-3-11-25-45)68-55-33-19-17-31-51(55)59-57(68)39-38-56-58(59)50-30-16-18-32-54(50)67(56)49-28-14-5-15-29-49/h1-40,53H,41H2. The Morgan fingerprint density at radius 3 is 1.37 bits per heavy atom. The molecule has 0 saturated carbocycles. The van der Waals surface area contributed by atoms with Crippen LogP contribution in [0.5, 0.6) is 0 Å². The highest BCUT2D eigenvalue weighted by atomic mass is 15.0. The Hall–Kier alpha value is -8.93. The van der Waals surface area contributed by atoms with Crippen LogP contribution in [-0.4, -0.2) is 24.1 Å².